The summed E-state index contributed by atoms with van der Waals surface area (Å²) in [6.07, 6.45) is 1.66. The van der Waals surface area contributed by atoms with Gasteiger partial charge in [-0.15, -0.1) is 0 Å². The van der Waals surface area contributed by atoms with Crippen molar-refractivity contribution in [2.45, 2.75) is 6.42 Å². The predicted octanol–water partition coefficient (Wildman–Crippen LogP) is 0.586. The van der Waals surface area contributed by atoms with Crippen LogP contribution in [0.5, 0.6) is 0 Å². The van der Waals surface area contributed by atoms with Gasteiger partial charge in [0.15, 0.2) is 6.20 Å². The van der Waals surface area contributed by atoms with E-state index in [2.05, 4.69) is 14.8 Å². The molecule has 108 valence electrons. The van der Waals surface area contributed by atoms with Crippen LogP contribution >= 0.6 is 0 Å². The van der Waals surface area contributed by atoms with Crippen molar-refractivity contribution in [1.29, 1.82) is 0 Å². The molecule has 0 amide bonds. The summed E-state index contributed by atoms with van der Waals surface area (Å²) in [4.78, 5) is 28.5. The van der Waals surface area contributed by atoms with Crippen molar-refractivity contribution in [2.24, 2.45) is 0 Å². The number of anilines is 1. The zero-order valence-corrected chi connectivity index (χ0v) is 10.9. The monoisotopic (exact) mass is 280 g/mol. The van der Waals surface area contributed by atoms with E-state index in [0.29, 0.717) is 6.54 Å². The Morgan fingerprint density at radius 2 is 2.05 bits per heavy atom. The summed E-state index contributed by atoms with van der Waals surface area (Å²) < 4.78 is 0. The average Bonchev–Trinajstić information content (AvgIpc) is 2.46. The molecule has 0 bridgehead atoms. The molecule has 0 spiro atoms. The number of nitro groups is 1. The van der Waals surface area contributed by atoms with Gasteiger partial charge in [-0.3, -0.25) is 9.69 Å². The average molecular weight is 280 g/mol. The molecule has 1 aliphatic heterocycles. The summed E-state index contributed by atoms with van der Waals surface area (Å²) >= 11 is 0. The van der Waals surface area contributed by atoms with Gasteiger partial charge in [-0.1, -0.05) is 0 Å². The molecule has 1 saturated heterocycles. The van der Waals surface area contributed by atoms with Crippen molar-refractivity contribution >= 4 is 17.5 Å². The molecule has 1 aromatic rings. The molecule has 2 rings (SSSR count). The normalized spacial score (nSPS) is 16.1. The Morgan fingerprint density at radius 1 is 1.35 bits per heavy atom. The molecule has 1 aliphatic rings. The van der Waals surface area contributed by atoms with Gasteiger partial charge in [0.2, 0.25) is 0 Å². The minimum Gasteiger partial charge on any atom is -0.481 e. The van der Waals surface area contributed by atoms with E-state index in [1.807, 2.05) is 0 Å². The lowest BCUT2D eigenvalue weighted by Crippen LogP contribution is -2.46. The number of aliphatic carboxylic acids is 1. The van der Waals surface area contributed by atoms with E-state index >= 15 is 0 Å². The number of aromatic nitrogens is 1. The Labute approximate surface area is 115 Å². The van der Waals surface area contributed by atoms with Gasteiger partial charge in [0.25, 0.3) is 0 Å². The zero-order chi connectivity index (χ0) is 14.5. The molecule has 2 heterocycles. The number of hydrogen-bond acceptors (Lipinski definition) is 6. The lowest BCUT2D eigenvalue weighted by molar-refractivity contribution is -0.389. The topological polar surface area (TPSA) is 99.8 Å². The Bertz CT molecular complexity index is 483. The van der Waals surface area contributed by atoms with E-state index in [0.717, 1.165) is 31.9 Å². The highest BCUT2D eigenvalue weighted by atomic mass is 16.6. The molecule has 0 aliphatic carbocycles. The fourth-order valence-electron chi connectivity index (χ4n) is 2.16. The van der Waals surface area contributed by atoms with E-state index in [-0.39, 0.29) is 12.2 Å². The van der Waals surface area contributed by atoms with Crippen LogP contribution in [0.25, 0.3) is 0 Å². The van der Waals surface area contributed by atoms with Crippen LogP contribution in [0.1, 0.15) is 6.42 Å². The number of hydrogen-bond donors (Lipinski definition) is 1. The molecule has 1 N–H and O–H groups in total. The second-order valence-corrected chi connectivity index (χ2v) is 4.60. The first-order valence-corrected chi connectivity index (χ1v) is 6.36. The molecular weight excluding hydrogens is 264 g/mol. The van der Waals surface area contributed by atoms with Crippen molar-refractivity contribution in [1.82, 2.24) is 9.88 Å². The van der Waals surface area contributed by atoms with Gasteiger partial charge in [0.05, 0.1) is 12.1 Å². The lowest BCUT2D eigenvalue weighted by Gasteiger charge is -2.35. The van der Waals surface area contributed by atoms with Crippen LogP contribution in [0, 0.1) is 10.1 Å². The first kappa shape index (κ1) is 14.2. The first-order chi connectivity index (χ1) is 9.56. The number of piperazine rings is 1. The number of carboxylic acid groups (broad SMARTS) is 1. The molecule has 20 heavy (non-hydrogen) atoms. The van der Waals surface area contributed by atoms with E-state index in [9.17, 15) is 14.9 Å². The Kier molecular flexibility index (Phi) is 4.46. The molecule has 0 unspecified atom stereocenters. The fourth-order valence-corrected chi connectivity index (χ4v) is 2.16. The van der Waals surface area contributed by atoms with Gasteiger partial charge in [0, 0.05) is 38.8 Å². The van der Waals surface area contributed by atoms with Crippen molar-refractivity contribution in [3.8, 4) is 0 Å². The highest BCUT2D eigenvalue weighted by molar-refractivity contribution is 5.66. The first-order valence-electron chi connectivity index (χ1n) is 6.36. The van der Waals surface area contributed by atoms with E-state index in [1.54, 1.807) is 6.07 Å². The number of nitrogens with zero attached hydrogens (tertiary/aromatic N) is 4. The lowest BCUT2D eigenvalue weighted by atomic mass is 10.2. The van der Waals surface area contributed by atoms with Crippen molar-refractivity contribution in [3.05, 3.63) is 28.4 Å². The summed E-state index contributed by atoms with van der Waals surface area (Å²) in [5.74, 6) is -0.944. The maximum Gasteiger partial charge on any atom is 0.363 e. The van der Waals surface area contributed by atoms with Gasteiger partial charge < -0.3 is 20.1 Å². The van der Waals surface area contributed by atoms with E-state index in [4.69, 9.17) is 5.11 Å². The van der Waals surface area contributed by atoms with Crippen LogP contribution < -0.4 is 4.90 Å². The van der Waals surface area contributed by atoms with E-state index in [1.165, 1.54) is 12.3 Å². The molecule has 0 atom stereocenters. The minimum absolute atomic E-state index is 0.152. The third-order valence-electron chi connectivity index (χ3n) is 3.30. The van der Waals surface area contributed by atoms with Crippen LogP contribution in [-0.4, -0.2) is 58.6 Å². The van der Waals surface area contributed by atoms with Gasteiger partial charge in [-0.25, -0.2) is 0 Å². The highest BCUT2D eigenvalue weighted by Crippen LogP contribution is 2.18. The third-order valence-corrected chi connectivity index (χ3v) is 3.30. The molecule has 1 fully saturated rings. The maximum atomic E-state index is 10.5. The van der Waals surface area contributed by atoms with E-state index < -0.39 is 10.9 Å². The molecule has 0 radical (unpaired) electrons. The quantitative estimate of drug-likeness (QED) is 0.622. The van der Waals surface area contributed by atoms with Crippen molar-refractivity contribution < 1.29 is 14.8 Å². The van der Waals surface area contributed by atoms with Crippen molar-refractivity contribution in [2.75, 3.05) is 37.6 Å². The van der Waals surface area contributed by atoms with Crippen LogP contribution in [0.15, 0.2) is 18.3 Å². The molecule has 1 aromatic heterocycles. The third kappa shape index (κ3) is 3.64. The van der Waals surface area contributed by atoms with Crippen LogP contribution in [0.4, 0.5) is 11.5 Å². The second kappa shape index (κ2) is 6.29. The number of pyridine rings is 1. The number of carboxylic acids is 1. The number of carbonyl (C=O) groups is 1. The molecule has 8 nitrogen and oxygen atoms in total. The standard InChI is InChI=1S/C12H16N4O4/c17-12(18)3-4-14-5-7-15(8-6-14)10-1-2-11(13-9-10)16(19)20/h1-2,9H,3-8H2,(H,17,18). The molecule has 0 saturated carbocycles. The molecule has 8 heteroatoms. The zero-order valence-electron chi connectivity index (χ0n) is 10.9. The number of rotatable bonds is 5. The van der Waals surface area contributed by atoms with Crippen molar-refractivity contribution in [3.63, 3.8) is 0 Å². The summed E-state index contributed by atoms with van der Waals surface area (Å²) in [5, 5.41) is 19.2. The summed E-state index contributed by atoms with van der Waals surface area (Å²) in [6.45, 7) is 3.65. The summed E-state index contributed by atoms with van der Waals surface area (Å²) in [6, 6.07) is 3.09. The van der Waals surface area contributed by atoms with Gasteiger partial charge in [0.1, 0.15) is 0 Å². The van der Waals surface area contributed by atoms with Crippen LogP contribution in [-0.2, 0) is 4.79 Å². The predicted molar refractivity (Wildman–Crippen MR) is 71.8 cm³/mol. The smallest absolute Gasteiger partial charge is 0.363 e. The molecular formula is C12H16N4O4. The Hall–Kier alpha value is -2.22. The summed E-state index contributed by atoms with van der Waals surface area (Å²) in [5.41, 5.74) is 0.855. The van der Waals surface area contributed by atoms with Gasteiger partial charge >= 0.3 is 11.8 Å². The highest BCUT2D eigenvalue weighted by Gasteiger charge is 2.19. The van der Waals surface area contributed by atoms with Crippen LogP contribution in [0.2, 0.25) is 0 Å². The summed E-state index contributed by atoms with van der Waals surface area (Å²) in [7, 11) is 0. The molecule has 0 aromatic carbocycles. The maximum absolute atomic E-state index is 10.5. The van der Waals surface area contributed by atoms with Gasteiger partial charge in [-0.2, -0.15) is 0 Å². The Morgan fingerprint density at radius 3 is 2.55 bits per heavy atom. The Balaban J connectivity index is 1.87. The largest absolute Gasteiger partial charge is 0.481 e. The SMILES string of the molecule is O=C(O)CCN1CCN(c2ccc([N+](=O)[O-])nc2)CC1. The minimum atomic E-state index is -0.785. The fraction of sp³-hybridized carbons (Fsp3) is 0.500. The second-order valence-electron chi connectivity index (χ2n) is 4.60. The van der Waals surface area contributed by atoms with Gasteiger partial charge in [-0.05, 0) is 16.0 Å². The van der Waals surface area contributed by atoms with Crippen LogP contribution in [0.3, 0.4) is 0 Å².